The van der Waals surface area contributed by atoms with Crippen LogP contribution in [0.25, 0.3) is 0 Å². The van der Waals surface area contributed by atoms with Gasteiger partial charge < -0.3 is 11.1 Å². The van der Waals surface area contributed by atoms with Crippen LogP contribution in [0, 0.1) is 13.8 Å². The van der Waals surface area contributed by atoms with E-state index in [1.165, 1.54) is 0 Å². The molecule has 3 nitrogen and oxygen atoms in total. The van der Waals surface area contributed by atoms with Crippen LogP contribution in [0.1, 0.15) is 24.0 Å². The number of hydrogen-bond acceptors (Lipinski definition) is 3. The first-order valence-corrected chi connectivity index (χ1v) is 6.92. The Balaban J connectivity index is 2.12. The molecule has 4 heteroatoms. The zero-order valence-corrected chi connectivity index (χ0v) is 11.1. The number of hydrogen-bond donors (Lipinski definition) is 2. The number of benzene rings is 1. The molecule has 0 radical (unpaired) electrons. The Labute approximate surface area is 106 Å². The van der Waals surface area contributed by atoms with E-state index in [-0.39, 0.29) is 11.2 Å². The van der Waals surface area contributed by atoms with Gasteiger partial charge >= 0.3 is 0 Å². The number of carbonyl (C=O) groups excluding carboxylic acids is 1. The van der Waals surface area contributed by atoms with E-state index < -0.39 is 0 Å². The van der Waals surface area contributed by atoms with E-state index in [4.69, 9.17) is 5.73 Å². The third-order valence-electron chi connectivity index (χ3n) is 3.09. The third kappa shape index (κ3) is 2.75. The Morgan fingerprint density at radius 1 is 1.41 bits per heavy atom. The zero-order valence-electron chi connectivity index (χ0n) is 10.2. The molecule has 2 rings (SSSR count). The Bertz CT molecular complexity index is 439. The summed E-state index contributed by atoms with van der Waals surface area (Å²) in [6.45, 7) is 3.96. The van der Waals surface area contributed by atoms with Crippen molar-refractivity contribution in [1.82, 2.24) is 0 Å². The predicted octanol–water partition coefficient (Wildman–Crippen LogP) is 2.72. The molecule has 1 aromatic carbocycles. The fraction of sp³-hybridized carbons (Fsp3) is 0.462. The number of nitrogens with two attached hydrogens (primary N) is 1. The minimum atomic E-state index is 0.108. The van der Waals surface area contributed by atoms with Crippen LogP contribution in [0.2, 0.25) is 0 Å². The van der Waals surface area contributed by atoms with Gasteiger partial charge in [0.2, 0.25) is 5.91 Å². The Morgan fingerprint density at radius 3 is 2.82 bits per heavy atom. The molecule has 1 saturated heterocycles. The molecule has 0 aromatic heterocycles. The Kier molecular flexibility index (Phi) is 3.62. The van der Waals surface area contributed by atoms with Crippen molar-refractivity contribution in [3.63, 3.8) is 0 Å². The van der Waals surface area contributed by atoms with Gasteiger partial charge in [-0.2, -0.15) is 0 Å². The summed E-state index contributed by atoms with van der Waals surface area (Å²) in [7, 11) is 0. The lowest BCUT2D eigenvalue weighted by atomic mass is 10.1. The van der Waals surface area contributed by atoms with Crippen LogP contribution < -0.4 is 11.1 Å². The molecule has 0 bridgehead atoms. The van der Waals surface area contributed by atoms with Crippen molar-refractivity contribution in [2.75, 3.05) is 16.8 Å². The number of amides is 1. The molecule has 1 aromatic rings. The van der Waals surface area contributed by atoms with Crippen LogP contribution in [0.4, 0.5) is 11.4 Å². The first-order chi connectivity index (χ1) is 8.08. The molecule has 0 aliphatic carbocycles. The molecule has 1 unspecified atom stereocenters. The maximum Gasteiger partial charge on any atom is 0.237 e. The molecule has 1 atom stereocenters. The van der Waals surface area contributed by atoms with Crippen LogP contribution in [-0.4, -0.2) is 16.9 Å². The van der Waals surface area contributed by atoms with Crippen molar-refractivity contribution in [3.05, 3.63) is 23.3 Å². The smallest absolute Gasteiger partial charge is 0.237 e. The lowest BCUT2D eigenvalue weighted by Gasteiger charge is -2.13. The molecular formula is C13H18N2OS. The number of nitrogen functional groups attached to an aromatic ring is 1. The second-order valence-electron chi connectivity index (χ2n) is 4.51. The van der Waals surface area contributed by atoms with Gasteiger partial charge in [-0.1, -0.05) is 6.07 Å². The number of aryl methyl sites for hydroxylation is 2. The highest BCUT2D eigenvalue weighted by Gasteiger charge is 2.23. The summed E-state index contributed by atoms with van der Waals surface area (Å²) >= 11 is 1.74. The zero-order chi connectivity index (χ0) is 12.4. The van der Waals surface area contributed by atoms with E-state index in [2.05, 4.69) is 5.32 Å². The molecule has 3 N–H and O–H groups in total. The molecule has 1 aliphatic rings. The van der Waals surface area contributed by atoms with E-state index in [0.717, 1.165) is 41.1 Å². The van der Waals surface area contributed by atoms with Gasteiger partial charge in [0.15, 0.2) is 0 Å². The second-order valence-corrected chi connectivity index (χ2v) is 5.83. The SMILES string of the molecule is Cc1cc(C)c(NC(=O)C2CCCS2)cc1N. The maximum atomic E-state index is 12.0. The van der Waals surface area contributed by atoms with Gasteiger partial charge in [-0.25, -0.2) is 0 Å². The molecule has 92 valence electrons. The van der Waals surface area contributed by atoms with Gasteiger partial charge in [0.1, 0.15) is 0 Å². The summed E-state index contributed by atoms with van der Waals surface area (Å²) in [5.41, 5.74) is 9.54. The fourth-order valence-corrected chi connectivity index (χ4v) is 3.16. The molecular weight excluding hydrogens is 232 g/mol. The Hall–Kier alpha value is -1.16. The van der Waals surface area contributed by atoms with Crippen LogP contribution >= 0.6 is 11.8 Å². The average molecular weight is 250 g/mol. The standard InChI is InChI=1S/C13H18N2OS/c1-8-6-9(2)11(7-10(8)14)15-13(16)12-4-3-5-17-12/h6-7,12H,3-5,14H2,1-2H3,(H,15,16). The van der Waals surface area contributed by atoms with Crippen molar-refractivity contribution < 1.29 is 4.79 Å². The summed E-state index contributed by atoms with van der Waals surface area (Å²) in [5, 5.41) is 3.09. The lowest BCUT2D eigenvalue weighted by molar-refractivity contribution is -0.115. The van der Waals surface area contributed by atoms with Gasteiger partial charge in [0, 0.05) is 11.4 Å². The highest BCUT2D eigenvalue weighted by molar-refractivity contribution is 8.00. The number of thioether (sulfide) groups is 1. The van der Waals surface area contributed by atoms with Crippen molar-refractivity contribution in [2.24, 2.45) is 0 Å². The van der Waals surface area contributed by atoms with Crippen molar-refractivity contribution in [3.8, 4) is 0 Å². The van der Waals surface area contributed by atoms with Crippen molar-refractivity contribution >= 4 is 29.0 Å². The number of nitrogens with one attached hydrogen (secondary N) is 1. The van der Waals surface area contributed by atoms with Gasteiger partial charge in [0.05, 0.1) is 5.25 Å². The van der Waals surface area contributed by atoms with Crippen molar-refractivity contribution in [1.29, 1.82) is 0 Å². The molecule has 1 amide bonds. The monoisotopic (exact) mass is 250 g/mol. The largest absolute Gasteiger partial charge is 0.398 e. The van der Waals surface area contributed by atoms with E-state index in [0.29, 0.717) is 0 Å². The molecule has 1 aliphatic heterocycles. The van der Waals surface area contributed by atoms with Crippen LogP contribution in [-0.2, 0) is 4.79 Å². The normalized spacial score (nSPS) is 19.3. The minimum Gasteiger partial charge on any atom is -0.398 e. The molecule has 1 fully saturated rings. The highest BCUT2D eigenvalue weighted by atomic mass is 32.2. The van der Waals surface area contributed by atoms with Gasteiger partial charge in [-0.15, -0.1) is 11.8 Å². The van der Waals surface area contributed by atoms with Gasteiger partial charge in [-0.3, -0.25) is 4.79 Å². The first-order valence-electron chi connectivity index (χ1n) is 5.87. The minimum absolute atomic E-state index is 0.108. The summed E-state index contributed by atoms with van der Waals surface area (Å²) in [6.07, 6.45) is 2.12. The van der Waals surface area contributed by atoms with E-state index in [1.54, 1.807) is 11.8 Å². The fourth-order valence-electron chi connectivity index (χ4n) is 2.00. The maximum absolute atomic E-state index is 12.0. The lowest BCUT2D eigenvalue weighted by Crippen LogP contribution is -2.23. The summed E-state index contributed by atoms with van der Waals surface area (Å²) in [4.78, 5) is 12.0. The summed E-state index contributed by atoms with van der Waals surface area (Å²) < 4.78 is 0. The van der Waals surface area contributed by atoms with E-state index >= 15 is 0 Å². The number of rotatable bonds is 2. The van der Waals surface area contributed by atoms with Gasteiger partial charge in [0.25, 0.3) is 0 Å². The third-order valence-corrected chi connectivity index (χ3v) is 4.47. The average Bonchev–Trinajstić information content (AvgIpc) is 2.79. The van der Waals surface area contributed by atoms with E-state index in [1.807, 2.05) is 26.0 Å². The predicted molar refractivity (Wildman–Crippen MR) is 74.4 cm³/mol. The van der Waals surface area contributed by atoms with Crippen LogP contribution in [0.15, 0.2) is 12.1 Å². The van der Waals surface area contributed by atoms with E-state index in [9.17, 15) is 4.79 Å². The first kappa shape index (κ1) is 12.3. The highest BCUT2D eigenvalue weighted by Crippen LogP contribution is 2.28. The summed E-state index contributed by atoms with van der Waals surface area (Å²) in [5.74, 6) is 1.20. The molecule has 0 saturated carbocycles. The van der Waals surface area contributed by atoms with Crippen molar-refractivity contribution in [2.45, 2.75) is 31.9 Å². The Morgan fingerprint density at radius 2 is 2.18 bits per heavy atom. The second kappa shape index (κ2) is 5.00. The topological polar surface area (TPSA) is 55.1 Å². The van der Waals surface area contributed by atoms with Crippen LogP contribution in [0.3, 0.4) is 0 Å². The number of carbonyl (C=O) groups is 1. The molecule has 0 spiro atoms. The summed E-state index contributed by atoms with van der Waals surface area (Å²) in [6, 6.07) is 3.86. The molecule has 17 heavy (non-hydrogen) atoms. The number of anilines is 2. The van der Waals surface area contributed by atoms with Crippen LogP contribution in [0.5, 0.6) is 0 Å². The quantitative estimate of drug-likeness (QED) is 0.793. The molecule has 1 heterocycles. The van der Waals surface area contributed by atoms with Gasteiger partial charge in [-0.05, 0) is 49.6 Å².